The zero-order valence-corrected chi connectivity index (χ0v) is 11.0. The second kappa shape index (κ2) is 5.51. The number of anilines is 1. The molecule has 0 aromatic heterocycles. The average molecular weight is 299 g/mol. The summed E-state index contributed by atoms with van der Waals surface area (Å²) in [6, 6.07) is 7.40. The van der Waals surface area contributed by atoms with E-state index in [-0.39, 0.29) is 12.1 Å². The van der Waals surface area contributed by atoms with Crippen LogP contribution < -0.4 is 5.32 Å². The van der Waals surface area contributed by atoms with Crippen LogP contribution in [0.15, 0.2) is 28.7 Å². The van der Waals surface area contributed by atoms with Crippen LogP contribution in [0.2, 0.25) is 0 Å². The maximum Gasteiger partial charge on any atom is 0.321 e. The second-order valence-electron chi connectivity index (χ2n) is 4.13. The molecule has 1 aliphatic rings. The van der Waals surface area contributed by atoms with Crippen LogP contribution in [-0.4, -0.2) is 35.2 Å². The Balaban J connectivity index is 1.95. The number of halogens is 1. The fourth-order valence-electron chi connectivity index (χ4n) is 1.83. The topological polar surface area (TPSA) is 52.6 Å². The van der Waals surface area contributed by atoms with Gasteiger partial charge in [-0.2, -0.15) is 0 Å². The Labute approximate surface area is 109 Å². The van der Waals surface area contributed by atoms with Gasteiger partial charge in [0.15, 0.2) is 0 Å². The number of aliphatic hydroxyl groups excluding tert-OH is 1. The van der Waals surface area contributed by atoms with Gasteiger partial charge in [0.25, 0.3) is 0 Å². The molecule has 2 N–H and O–H groups in total. The van der Waals surface area contributed by atoms with Gasteiger partial charge in [0.1, 0.15) is 0 Å². The van der Waals surface area contributed by atoms with E-state index in [0.717, 1.165) is 10.2 Å². The lowest BCUT2D eigenvalue weighted by Gasteiger charge is -2.29. The zero-order valence-electron chi connectivity index (χ0n) is 9.40. The molecule has 1 aliphatic heterocycles. The van der Waals surface area contributed by atoms with Gasteiger partial charge in [-0.25, -0.2) is 4.79 Å². The maximum absolute atomic E-state index is 11.9. The Kier molecular flexibility index (Phi) is 4.02. The monoisotopic (exact) mass is 298 g/mol. The van der Waals surface area contributed by atoms with E-state index in [1.807, 2.05) is 24.3 Å². The van der Waals surface area contributed by atoms with E-state index >= 15 is 0 Å². The first-order chi connectivity index (χ1) is 8.16. The molecule has 1 heterocycles. The number of carbonyl (C=O) groups is 1. The van der Waals surface area contributed by atoms with E-state index in [4.69, 9.17) is 0 Å². The minimum atomic E-state index is -0.262. The number of piperidine rings is 1. The summed E-state index contributed by atoms with van der Waals surface area (Å²) >= 11 is 3.39. The molecule has 0 bridgehead atoms. The molecular formula is C12H15BrN2O2. The molecule has 2 rings (SSSR count). The molecule has 0 atom stereocenters. The number of hydrogen-bond acceptors (Lipinski definition) is 2. The first-order valence-electron chi connectivity index (χ1n) is 5.65. The number of amides is 2. The molecule has 92 valence electrons. The van der Waals surface area contributed by atoms with Crippen LogP contribution >= 0.6 is 15.9 Å². The van der Waals surface area contributed by atoms with Gasteiger partial charge in [-0.15, -0.1) is 0 Å². The highest BCUT2D eigenvalue weighted by Crippen LogP contribution is 2.22. The summed E-state index contributed by atoms with van der Waals surface area (Å²) in [7, 11) is 0. The molecular weight excluding hydrogens is 284 g/mol. The first-order valence-corrected chi connectivity index (χ1v) is 6.44. The van der Waals surface area contributed by atoms with Crippen LogP contribution in [0.3, 0.4) is 0 Å². The van der Waals surface area contributed by atoms with Crippen molar-refractivity contribution in [3.05, 3.63) is 28.7 Å². The number of benzene rings is 1. The molecule has 17 heavy (non-hydrogen) atoms. The van der Waals surface area contributed by atoms with Crippen molar-refractivity contribution in [3.8, 4) is 0 Å². The number of nitrogens with one attached hydrogen (secondary N) is 1. The average Bonchev–Trinajstić information content (AvgIpc) is 2.33. The summed E-state index contributed by atoms with van der Waals surface area (Å²) in [6.45, 7) is 1.22. The number of likely N-dealkylation sites (tertiary alicyclic amines) is 1. The molecule has 5 heteroatoms. The second-order valence-corrected chi connectivity index (χ2v) is 4.98. The third-order valence-electron chi connectivity index (χ3n) is 2.87. The van der Waals surface area contributed by atoms with E-state index in [0.29, 0.717) is 25.9 Å². The summed E-state index contributed by atoms with van der Waals surface area (Å²) in [6.07, 6.45) is 1.05. The highest BCUT2D eigenvalue weighted by atomic mass is 79.9. The van der Waals surface area contributed by atoms with Gasteiger partial charge in [0.05, 0.1) is 11.8 Å². The Morgan fingerprint density at radius 3 is 2.65 bits per heavy atom. The van der Waals surface area contributed by atoms with Crippen LogP contribution in [0, 0.1) is 0 Å². The number of hydrogen-bond donors (Lipinski definition) is 2. The predicted octanol–water partition coefficient (Wildman–Crippen LogP) is 2.44. The number of carbonyl (C=O) groups excluding carboxylic acids is 1. The van der Waals surface area contributed by atoms with Gasteiger partial charge in [0, 0.05) is 17.6 Å². The van der Waals surface area contributed by atoms with Crippen LogP contribution in [0.4, 0.5) is 10.5 Å². The molecule has 1 aromatic rings. The molecule has 1 fully saturated rings. The molecule has 4 nitrogen and oxygen atoms in total. The Morgan fingerprint density at radius 1 is 1.35 bits per heavy atom. The van der Waals surface area contributed by atoms with E-state index in [2.05, 4.69) is 21.2 Å². The first kappa shape index (κ1) is 12.4. The lowest BCUT2D eigenvalue weighted by molar-refractivity contribution is 0.0972. The molecule has 0 radical (unpaired) electrons. The molecule has 1 saturated heterocycles. The third kappa shape index (κ3) is 3.20. The lowest BCUT2D eigenvalue weighted by Crippen LogP contribution is -2.42. The van der Waals surface area contributed by atoms with Crippen LogP contribution in [0.5, 0.6) is 0 Å². The number of nitrogens with zero attached hydrogens (tertiary/aromatic N) is 1. The fraction of sp³-hybridized carbons (Fsp3) is 0.417. The molecule has 1 aromatic carbocycles. The number of aliphatic hydroxyl groups is 1. The van der Waals surface area contributed by atoms with Crippen LogP contribution in [0.1, 0.15) is 12.8 Å². The van der Waals surface area contributed by atoms with Crippen LogP contribution in [0.25, 0.3) is 0 Å². The SMILES string of the molecule is O=C(Nc1ccccc1Br)N1CCC(O)CC1. The standard InChI is InChI=1S/C12H15BrN2O2/c13-10-3-1-2-4-11(10)14-12(17)15-7-5-9(16)6-8-15/h1-4,9,16H,5-8H2,(H,14,17). The van der Waals surface area contributed by atoms with Crippen molar-refractivity contribution in [3.63, 3.8) is 0 Å². The van der Waals surface area contributed by atoms with Crippen molar-refractivity contribution < 1.29 is 9.90 Å². The van der Waals surface area contributed by atoms with Crippen molar-refractivity contribution in [2.24, 2.45) is 0 Å². The minimum absolute atomic E-state index is 0.108. The zero-order chi connectivity index (χ0) is 12.3. The maximum atomic E-state index is 11.9. The lowest BCUT2D eigenvalue weighted by atomic mass is 10.1. The third-order valence-corrected chi connectivity index (χ3v) is 3.56. The van der Waals surface area contributed by atoms with E-state index in [1.54, 1.807) is 4.90 Å². The summed E-state index contributed by atoms with van der Waals surface area (Å²) < 4.78 is 0.866. The van der Waals surface area contributed by atoms with Crippen molar-refractivity contribution in [2.75, 3.05) is 18.4 Å². The van der Waals surface area contributed by atoms with Crippen molar-refractivity contribution >= 4 is 27.6 Å². The summed E-state index contributed by atoms with van der Waals surface area (Å²) in [5.74, 6) is 0. The quantitative estimate of drug-likeness (QED) is 0.837. The van der Waals surface area contributed by atoms with Crippen molar-refractivity contribution in [2.45, 2.75) is 18.9 Å². The molecule has 0 aliphatic carbocycles. The summed E-state index contributed by atoms with van der Waals surface area (Å²) in [5, 5.41) is 12.2. The van der Waals surface area contributed by atoms with Gasteiger partial charge in [-0.05, 0) is 40.9 Å². The molecule has 0 saturated carbocycles. The van der Waals surface area contributed by atoms with E-state index in [1.165, 1.54) is 0 Å². The smallest absolute Gasteiger partial charge is 0.321 e. The van der Waals surface area contributed by atoms with Gasteiger partial charge in [0.2, 0.25) is 0 Å². The Hall–Kier alpha value is -1.07. The highest BCUT2D eigenvalue weighted by Gasteiger charge is 2.21. The Bertz CT molecular complexity index is 403. The number of urea groups is 1. The van der Waals surface area contributed by atoms with Gasteiger partial charge in [-0.1, -0.05) is 12.1 Å². The molecule has 0 spiro atoms. The number of para-hydroxylation sites is 1. The molecule has 0 unspecified atom stereocenters. The summed E-state index contributed by atoms with van der Waals surface area (Å²) in [5.41, 5.74) is 0.767. The van der Waals surface area contributed by atoms with Crippen LogP contribution in [-0.2, 0) is 0 Å². The summed E-state index contributed by atoms with van der Waals surface area (Å²) in [4.78, 5) is 13.7. The number of rotatable bonds is 1. The fourth-order valence-corrected chi connectivity index (χ4v) is 2.21. The highest BCUT2D eigenvalue weighted by molar-refractivity contribution is 9.10. The molecule has 2 amide bonds. The minimum Gasteiger partial charge on any atom is -0.393 e. The van der Waals surface area contributed by atoms with E-state index < -0.39 is 0 Å². The normalized spacial score (nSPS) is 16.9. The van der Waals surface area contributed by atoms with Gasteiger partial charge >= 0.3 is 6.03 Å². The predicted molar refractivity (Wildman–Crippen MR) is 70.0 cm³/mol. The van der Waals surface area contributed by atoms with E-state index in [9.17, 15) is 9.90 Å². The van der Waals surface area contributed by atoms with Gasteiger partial charge in [-0.3, -0.25) is 0 Å². The largest absolute Gasteiger partial charge is 0.393 e. The van der Waals surface area contributed by atoms with Crippen molar-refractivity contribution in [1.82, 2.24) is 4.90 Å². The Morgan fingerprint density at radius 2 is 2.00 bits per heavy atom. The van der Waals surface area contributed by atoms with Crippen molar-refractivity contribution in [1.29, 1.82) is 0 Å². The van der Waals surface area contributed by atoms with Gasteiger partial charge < -0.3 is 15.3 Å².